The van der Waals surface area contributed by atoms with E-state index in [0.29, 0.717) is 29.6 Å². The number of imidazole rings is 1. The lowest BCUT2D eigenvalue weighted by Gasteiger charge is -2.19. The summed E-state index contributed by atoms with van der Waals surface area (Å²) in [5.41, 5.74) is 7.79. The Labute approximate surface area is 246 Å². The molecular formula is C32H37N7OS. The number of aromatic amines is 1. The SMILES string of the molecule is CCCc1nc2c(C)cc(C(=O)N[C@@H](CS)CC(C)C)cc2n1Cc1ccc(-c2ccccc2-c2nn[nH]n2)cc1. The number of carbonyl (C=O) groups excluding carboxylic acids is 1. The summed E-state index contributed by atoms with van der Waals surface area (Å²) in [6.07, 6.45) is 2.74. The molecule has 1 amide bonds. The van der Waals surface area contributed by atoms with Gasteiger partial charge in [-0.15, -0.1) is 10.2 Å². The second kappa shape index (κ2) is 12.7. The summed E-state index contributed by atoms with van der Waals surface area (Å²) in [6.45, 7) is 9.18. The van der Waals surface area contributed by atoms with Crippen LogP contribution in [-0.2, 0) is 13.0 Å². The van der Waals surface area contributed by atoms with Gasteiger partial charge in [-0.25, -0.2) is 4.98 Å². The van der Waals surface area contributed by atoms with Gasteiger partial charge in [0.15, 0.2) is 0 Å². The van der Waals surface area contributed by atoms with Crippen molar-refractivity contribution in [2.45, 2.75) is 59.5 Å². The number of aromatic nitrogens is 6. The van der Waals surface area contributed by atoms with Gasteiger partial charge in [0.25, 0.3) is 5.91 Å². The smallest absolute Gasteiger partial charge is 0.251 e. The second-order valence-electron chi connectivity index (χ2n) is 11.0. The second-order valence-corrected chi connectivity index (χ2v) is 11.4. The van der Waals surface area contributed by atoms with Crippen LogP contribution in [0.25, 0.3) is 33.5 Å². The number of aryl methyl sites for hydroxylation is 2. The number of amides is 1. The third kappa shape index (κ3) is 6.35. The Morgan fingerprint density at radius 2 is 1.83 bits per heavy atom. The predicted octanol–water partition coefficient (Wildman–Crippen LogP) is 6.27. The molecule has 0 radical (unpaired) electrons. The van der Waals surface area contributed by atoms with E-state index in [1.54, 1.807) is 0 Å². The molecule has 2 heterocycles. The van der Waals surface area contributed by atoms with Crippen LogP contribution >= 0.6 is 12.6 Å². The van der Waals surface area contributed by atoms with Crippen LogP contribution in [-0.4, -0.2) is 47.9 Å². The molecule has 0 aliphatic rings. The van der Waals surface area contributed by atoms with Gasteiger partial charge in [-0.05, 0) is 65.3 Å². The van der Waals surface area contributed by atoms with Crippen LogP contribution in [0.4, 0.5) is 0 Å². The van der Waals surface area contributed by atoms with E-state index in [9.17, 15) is 4.79 Å². The van der Waals surface area contributed by atoms with Crippen molar-refractivity contribution in [3.05, 3.63) is 83.2 Å². The largest absolute Gasteiger partial charge is 0.348 e. The predicted molar refractivity (Wildman–Crippen MR) is 167 cm³/mol. The van der Waals surface area contributed by atoms with Gasteiger partial charge in [0.2, 0.25) is 5.82 Å². The molecule has 2 aromatic heterocycles. The van der Waals surface area contributed by atoms with Gasteiger partial charge in [-0.1, -0.05) is 69.3 Å². The van der Waals surface area contributed by atoms with Gasteiger partial charge >= 0.3 is 0 Å². The van der Waals surface area contributed by atoms with Crippen molar-refractivity contribution in [1.82, 2.24) is 35.5 Å². The number of hydrogen-bond acceptors (Lipinski definition) is 6. The van der Waals surface area contributed by atoms with E-state index in [2.05, 4.69) is 94.2 Å². The fourth-order valence-corrected chi connectivity index (χ4v) is 5.60. The molecule has 0 spiro atoms. The van der Waals surface area contributed by atoms with Crippen LogP contribution in [0.15, 0.2) is 60.7 Å². The number of nitrogens with one attached hydrogen (secondary N) is 2. The first-order chi connectivity index (χ1) is 19.9. The van der Waals surface area contributed by atoms with Gasteiger partial charge in [-0.2, -0.15) is 17.8 Å². The van der Waals surface area contributed by atoms with Gasteiger partial charge in [-0.3, -0.25) is 4.79 Å². The zero-order chi connectivity index (χ0) is 28.9. The molecule has 5 rings (SSSR count). The van der Waals surface area contributed by atoms with E-state index in [0.717, 1.165) is 63.9 Å². The summed E-state index contributed by atoms with van der Waals surface area (Å²) in [5.74, 6) is 2.62. The van der Waals surface area contributed by atoms with Gasteiger partial charge < -0.3 is 9.88 Å². The van der Waals surface area contributed by atoms with E-state index in [-0.39, 0.29) is 11.9 Å². The molecule has 0 saturated carbocycles. The first kappa shape index (κ1) is 28.5. The summed E-state index contributed by atoms with van der Waals surface area (Å²) in [6, 6.07) is 20.6. The summed E-state index contributed by atoms with van der Waals surface area (Å²) in [4.78, 5) is 18.3. The van der Waals surface area contributed by atoms with E-state index < -0.39 is 0 Å². The lowest BCUT2D eigenvalue weighted by Crippen LogP contribution is -2.37. The maximum Gasteiger partial charge on any atom is 0.251 e. The van der Waals surface area contributed by atoms with Crippen LogP contribution in [0.2, 0.25) is 0 Å². The Bertz CT molecular complexity index is 1620. The van der Waals surface area contributed by atoms with E-state index in [4.69, 9.17) is 4.98 Å². The molecule has 5 aromatic rings. The Morgan fingerprint density at radius 3 is 2.49 bits per heavy atom. The van der Waals surface area contributed by atoms with Crippen molar-refractivity contribution >= 4 is 29.6 Å². The average molecular weight is 568 g/mol. The first-order valence-corrected chi connectivity index (χ1v) is 14.8. The van der Waals surface area contributed by atoms with Crippen LogP contribution in [0, 0.1) is 12.8 Å². The fraction of sp³-hybridized carbons (Fsp3) is 0.344. The molecule has 0 bridgehead atoms. The molecule has 212 valence electrons. The number of carbonyl (C=O) groups is 1. The average Bonchev–Trinajstić information content (AvgIpc) is 3.62. The highest BCUT2D eigenvalue weighted by Crippen LogP contribution is 2.30. The minimum Gasteiger partial charge on any atom is -0.348 e. The number of H-pyrrole nitrogens is 1. The highest BCUT2D eigenvalue weighted by Gasteiger charge is 2.19. The third-order valence-corrected chi connectivity index (χ3v) is 7.73. The van der Waals surface area contributed by atoms with Crippen molar-refractivity contribution in [3.8, 4) is 22.5 Å². The zero-order valence-electron chi connectivity index (χ0n) is 24.1. The van der Waals surface area contributed by atoms with Crippen LogP contribution < -0.4 is 5.32 Å². The quantitative estimate of drug-likeness (QED) is 0.163. The highest BCUT2D eigenvalue weighted by molar-refractivity contribution is 7.80. The molecule has 9 heteroatoms. The third-order valence-electron chi connectivity index (χ3n) is 7.29. The van der Waals surface area contributed by atoms with Crippen molar-refractivity contribution in [2.24, 2.45) is 5.92 Å². The van der Waals surface area contributed by atoms with Crippen LogP contribution in [0.5, 0.6) is 0 Å². The number of thiol groups is 1. The molecule has 0 saturated heterocycles. The number of benzene rings is 3. The van der Waals surface area contributed by atoms with E-state index in [1.165, 1.54) is 0 Å². The van der Waals surface area contributed by atoms with Gasteiger partial charge in [0, 0.05) is 35.9 Å². The summed E-state index contributed by atoms with van der Waals surface area (Å²) in [5, 5.41) is 17.8. The zero-order valence-corrected chi connectivity index (χ0v) is 24.9. The van der Waals surface area contributed by atoms with Crippen molar-refractivity contribution in [2.75, 3.05) is 5.75 Å². The number of nitrogens with zero attached hydrogens (tertiary/aromatic N) is 5. The molecule has 0 unspecified atom stereocenters. The highest BCUT2D eigenvalue weighted by atomic mass is 32.1. The Hall–Kier alpha value is -3.98. The Kier molecular flexibility index (Phi) is 8.83. The normalized spacial score (nSPS) is 12.2. The summed E-state index contributed by atoms with van der Waals surface area (Å²) >= 11 is 4.47. The molecule has 41 heavy (non-hydrogen) atoms. The number of rotatable bonds is 11. The topological polar surface area (TPSA) is 101 Å². The summed E-state index contributed by atoms with van der Waals surface area (Å²) < 4.78 is 2.26. The molecule has 1 atom stereocenters. The van der Waals surface area contributed by atoms with Gasteiger partial charge in [0.1, 0.15) is 5.82 Å². The Morgan fingerprint density at radius 1 is 1.07 bits per heavy atom. The van der Waals surface area contributed by atoms with Crippen molar-refractivity contribution < 1.29 is 4.79 Å². The lowest BCUT2D eigenvalue weighted by atomic mass is 9.98. The molecule has 0 aliphatic carbocycles. The fourth-order valence-electron chi connectivity index (χ4n) is 5.36. The van der Waals surface area contributed by atoms with Gasteiger partial charge in [0.05, 0.1) is 11.0 Å². The standard InChI is InChI=1S/C32H37N7OS/c1-5-8-29-34-30-21(4)16-24(32(40)33-25(19-41)15-20(2)3)17-28(30)39(29)18-22-11-13-23(14-12-22)26-9-6-7-10-27(26)31-35-37-38-36-31/h6-7,9-14,16-17,20,25,41H,5,8,15,18-19H2,1-4H3,(H,33,40)(H,35,36,37,38)/t25-/m1/s1. The summed E-state index contributed by atoms with van der Waals surface area (Å²) in [7, 11) is 0. The Balaban J connectivity index is 1.46. The number of fused-ring (bicyclic) bond motifs is 1. The van der Waals surface area contributed by atoms with Crippen molar-refractivity contribution in [3.63, 3.8) is 0 Å². The van der Waals surface area contributed by atoms with E-state index >= 15 is 0 Å². The minimum absolute atomic E-state index is 0.0334. The first-order valence-electron chi connectivity index (χ1n) is 14.2. The monoisotopic (exact) mass is 567 g/mol. The van der Waals surface area contributed by atoms with Crippen LogP contribution in [0.3, 0.4) is 0 Å². The number of tetrazole rings is 1. The molecule has 0 aliphatic heterocycles. The number of hydrogen-bond donors (Lipinski definition) is 3. The molecule has 2 N–H and O–H groups in total. The maximum atomic E-state index is 13.3. The van der Waals surface area contributed by atoms with Crippen LogP contribution in [0.1, 0.15) is 60.9 Å². The van der Waals surface area contributed by atoms with Crippen molar-refractivity contribution in [1.29, 1.82) is 0 Å². The van der Waals surface area contributed by atoms with E-state index in [1.807, 2.05) is 37.3 Å². The minimum atomic E-state index is -0.0656. The maximum absolute atomic E-state index is 13.3. The molecule has 0 fully saturated rings. The lowest BCUT2D eigenvalue weighted by molar-refractivity contribution is 0.0937. The molecule has 8 nitrogen and oxygen atoms in total. The molecular weight excluding hydrogens is 530 g/mol. The molecule has 3 aromatic carbocycles.